The number of furan rings is 1. The zero-order valence-corrected chi connectivity index (χ0v) is 16.9. The Kier molecular flexibility index (Phi) is 5.60. The fourth-order valence-corrected chi connectivity index (χ4v) is 3.26. The van der Waals surface area contributed by atoms with E-state index in [-0.39, 0.29) is 6.42 Å². The van der Waals surface area contributed by atoms with Crippen LogP contribution in [0.4, 0.5) is 13.2 Å². The Morgan fingerprint density at radius 2 is 1.91 bits per heavy atom. The zero-order chi connectivity index (χ0) is 22.9. The molecule has 0 bridgehead atoms. The third-order valence-corrected chi connectivity index (χ3v) is 4.88. The summed E-state index contributed by atoms with van der Waals surface area (Å²) in [6.45, 7) is 2.06. The number of ether oxygens (including phenoxy) is 1. The molecule has 4 aromatic rings. The van der Waals surface area contributed by atoms with E-state index in [2.05, 4.69) is 10.2 Å². The third kappa shape index (κ3) is 4.58. The quantitative estimate of drug-likeness (QED) is 0.448. The van der Waals surface area contributed by atoms with Crippen molar-refractivity contribution in [3.05, 3.63) is 71.2 Å². The standard InChI is InChI=1S/C22H18F3N3O4/c1-13-19(27-28(26-13)16-4-2-15(3-5-16)22(23,24)25)8-9-31-17-6-7-18-14(10-21(29)30)12-32-20(18)11-17/h2-7,11-12H,8-10H2,1H3,(H,29,30). The number of hydrogen-bond donors (Lipinski definition) is 1. The highest BCUT2D eigenvalue weighted by atomic mass is 19.4. The average Bonchev–Trinajstić information content (AvgIpc) is 3.30. The molecule has 1 N–H and O–H groups in total. The van der Waals surface area contributed by atoms with Gasteiger partial charge in [0, 0.05) is 23.4 Å². The smallest absolute Gasteiger partial charge is 0.416 e. The molecule has 0 aliphatic heterocycles. The van der Waals surface area contributed by atoms with Crippen molar-refractivity contribution in [2.45, 2.75) is 25.9 Å². The second kappa shape index (κ2) is 8.37. The van der Waals surface area contributed by atoms with Crippen LogP contribution in [0.2, 0.25) is 0 Å². The number of nitrogens with zero attached hydrogens (tertiary/aromatic N) is 3. The lowest BCUT2D eigenvalue weighted by molar-refractivity contribution is -0.138. The molecule has 0 amide bonds. The number of rotatable bonds is 7. The van der Waals surface area contributed by atoms with Crippen molar-refractivity contribution in [3.63, 3.8) is 0 Å². The van der Waals surface area contributed by atoms with Gasteiger partial charge in [-0.1, -0.05) is 0 Å². The van der Waals surface area contributed by atoms with Crippen LogP contribution in [-0.2, 0) is 23.8 Å². The summed E-state index contributed by atoms with van der Waals surface area (Å²) >= 11 is 0. The molecule has 0 unspecified atom stereocenters. The molecule has 2 aromatic carbocycles. The van der Waals surface area contributed by atoms with Crippen molar-refractivity contribution in [2.75, 3.05) is 6.61 Å². The van der Waals surface area contributed by atoms with Gasteiger partial charge < -0.3 is 14.3 Å². The summed E-state index contributed by atoms with van der Waals surface area (Å²) < 4.78 is 49.3. The van der Waals surface area contributed by atoms with Gasteiger partial charge in [-0.15, -0.1) is 0 Å². The minimum atomic E-state index is -4.40. The Morgan fingerprint density at radius 3 is 2.59 bits per heavy atom. The molecule has 0 fully saturated rings. The maximum atomic E-state index is 12.7. The number of aliphatic carboxylic acids is 1. The minimum Gasteiger partial charge on any atom is -0.493 e. The number of halogens is 3. The maximum Gasteiger partial charge on any atom is 0.416 e. The van der Waals surface area contributed by atoms with Crippen molar-refractivity contribution in [3.8, 4) is 11.4 Å². The predicted octanol–water partition coefficient (Wildman–Crippen LogP) is 4.59. The van der Waals surface area contributed by atoms with Crippen LogP contribution in [-0.4, -0.2) is 32.7 Å². The van der Waals surface area contributed by atoms with E-state index in [0.717, 1.165) is 17.5 Å². The molecule has 166 valence electrons. The number of aromatic nitrogens is 3. The monoisotopic (exact) mass is 445 g/mol. The molecule has 0 saturated heterocycles. The lowest BCUT2D eigenvalue weighted by Crippen LogP contribution is -2.06. The molecule has 0 spiro atoms. The van der Waals surface area contributed by atoms with E-state index >= 15 is 0 Å². The molecule has 0 aliphatic carbocycles. The van der Waals surface area contributed by atoms with Crippen LogP contribution in [0.25, 0.3) is 16.7 Å². The van der Waals surface area contributed by atoms with Crippen LogP contribution in [0.15, 0.2) is 53.1 Å². The van der Waals surface area contributed by atoms with Gasteiger partial charge in [0.2, 0.25) is 0 Å². The van der Waals surface area contributed by atoms with Gasteiger partial charge >= 0.3 is 12.1 Å². The number of aryl methyl sites for hydroxylation is 1. The molecule has 2 heterocycles. The van der Waals surface area contributed by atoms with Crippen molar-refractivity contribution in [2.24, 2.45) is 0 Å². The van der Waals surface area contributed by atoms with Crippen molar-refractivity contribution in [1.29, 1.82) is 0 Å². The van der Waals surface area contributed by atoms with Crippen LogP contribution in [0.5, 0.6) is 5.75 Å². The molecule has 0 aliphatic rings. The van der Waals surface area contributed by atoms with E-state index < -0.39 is 17.7 Å². The molecule has 10 heteroatoms. The molecule has 2 aromatic heterocycles. The van der Waals surface area contributed by atoms with Crippen molar-refractivity contribution in [1.82, 2.24) is 15.0 Å². The number of carboxylic acids is 1. The predicted molar refractivity (Wildman–Crippen MR) is 108 cm³/mol. The Balaban J connectivity index is 1.40. The third-order valence-electron chi connectivity index (χ3n) is 4.88. The molecule has 0 atom stereocenters. The van der Waals surface area contributed by atoms with E-state index in [1.54, 1.807) is 25.1 Å². The number of carbonyl (C=O) groups is 1. The Labute approximate surface area is 180 Å². The number of hydrogen-bond acceptors (Lipinski definition) is 5. The lowest BCUT2D eigenvalue weighted by atomic mass is 10.1. The SMILES string of the molecule is Cc1nn(-c2ccc(C(F)(F)F)cc2)nc1CCOc1ccc2c(CC(=O)O)coc2c1. The minimum absolute atomic E-state index is 0.124. The van der Waals surface area contributed by atoms with Gasteiger partial charge in [0.1, 0.15) is 11.3 Å². The van der Waals surface area contributed by atoms with Crippen LogP contribution < -0.4 is 4.74 Å². The Hall–Kier alpha value is -3.82. The number of fused-ring (bicyclic) bond motifs is 1. The summed E-state index contributed by atoms with van der Waals surface area (Å²) in [6.07, 6.45) is -2.66. The second-order valence-corrected chi connectivity index (χ2v) is 7.15. The highest BCUT2D eigenvalue weighted by Crippen LogP contribution is 2.29. The first-order chi connectivity index (χ1) is 15.2. The molecule has 7 nitrogen and oxygen atoms in total. The van der Waals surface area contributed by atoms with E-state index in [1.807, 2.05) is 0 Å². The van der Waals surface area contributed by atoms with E-state index in [0.29, 0.717) is 47.0 Å². The summed E-state index contributed by atoms with van der Waals surface area (Å²) in [5, 5.41) is 18.3. The molecule has 0 saturated carbocycles. The number of carboxylic acid groups (broad SMARTS) is 1. The van der Waals surface area contributed by atoms with Gasteiger partial charge in [-0.25, -0.2) is 0 Å². The van der Waals surface area contributed by atoms with Gasteiger partial charge in [-0.05, 0) is 43.3 Å². The van der Waals surface area contributed by atoms with Crippen LogP contribution in [0.1, 0.15) is 22.5 Å². The largest absolute Gasteiger partial charge is 0.493 e. The van der Waals surface area contributed by atoms with Crippen molar-refractivity contribution < 1.29 is 32.2 Å². The fraction of sp³-hybridized carbons (Fsp3) is 0.227. The summed E-state index contributed by atoms with van der Waals surface area (Å²) in [7, 11) is 0. The Bertz CT molecular complexity index is 1260. The summed E-state index contributed by atoms with van der Waals surface area (Å²) in [5.41, 5.74) is 2.12. The van der Waals surface area contributed by atoms with Gasteiger partial charge in [0.05, 0.1) is 41.9 Å². The first kappa shape index (κ1) is 21.4. The molecule has 32 heavy (non-hydrogen) atoms. The molecular formula is C22H18F3N3O4. The zero-order valence-electron chi connectivity index (χ0n) is 16.9. The first-order valence-corrected chi connectivity index (χ1v) is 9.66. The second-order valence-electron chi connectivity index (χ2n) is 7.15. The van der Waals surface area contributed by atoms with E-state index in [1.165, 1.54) is 23.2 Å². The summed E-state index contributed by atoms with van der Waals surface area (Å²) in [4.78, 5) is 12.2. The fourth-order valence-electron chi connectivity index (χ4n) is 3.26. The average molecular weight is 445 g/mol. The molecular weight excluding hydrogens is 427 g/mol. The van der Waals surface area contributed by atoms with Gasteiger partial charge in [-0.3, -0.25) is 4.79 Å². The lowest BCUT2D eigenvalue weighted by Gasteiger charge is -2.07. The number of benzene rings is 2. The highest BCUT2D eigenvalue weighted by molar-refractivity contribution is 5.86. The highest BCUT2D eigenvalue weighted by Gasteiger charge is 2.30. The van der Waals surface area contributed by atoms with E-state index in [4.69, 9.17) is 14.3 Å². The number of alkyl halides is 3. The maximum absolute atomic E-state index is 12.7. The van der Waals surface area contributed by atoms with Gasteiger partial charge in [-0.2, -0.15) is 28.2 Å². The summed E-state index contributed by atoms with van der Waals surface area (Å²) in [6, 6.07) is 9.78. The topological polar surface area (TPSA) is 90.4 Å². The normalized spacial score (nSPS) is 11.8. The molecule has 0 radical (unpaired) electrons. The van der Waals surface area contributed by atoms with Crippen molar-refractivity contribution >= 4 is 16.9 Å². The van der Waals surface area contributed by atoms with Crippen LogP contribution in [0, 0.1) is 6.92 Å². The first-order valence-electron chi connectivity index (χ1n) is 9.66. The Morgan fingerprint density at radius 1 is 1.16 bits per heavy atom. The van der Waals surface area contributed by atoms with Gasteiger partial charge in [0.25, 0.3) is 0 Å². The van der Waals surface area contributed by atoms with Crippen LogP contribution in [0.3, 0.4) is 0 Å². The molecule has 4 rings (SSSR count). The summed E-state index contributed by atoms with van der Waals surface area (Å²) in [5.74, 6) is -0.380. The van der Waals surface area contributed by atoms with E-state index in [9.17, 15) is 18.0 Å². The van der Waals surface area contributed by atoms with Crippen LogP contribution >= 0.6 is 0 Å². The van der Waals surface area contributed by atoms with Gasteiger partial charge in [0.15, 0.2) is 0 Å².